The molecule has 0 radical (unpaired) electrons. The molecule has 1 aliphatic rings. The molecule has 2 rings (SSSR count). The maximum Gasteiger partial charge on any atom is 0.253 e. The highest BCUT2D eigenvalue weighted by Crippen LogP contribution is 2.10. The minimum absolute atomic E-state index is 0.0579. The van der Waals surface area contributed by atoms with E-state index in [9.17, 15) is 4.79 Å². The van der Waals surface area contributed by atoms with Crippen molar-refractivity contribution in [2.45, 2.75) is 12.5 Å². The first kappa shape index (κ1) is 10.6. The second-order valence-corrected chi connectivity index (χ2v) is 4.47. The maximum absolute atomic E-state index is 11.8. The molecule has 1 aromatic rings. The molecule has 0 aliphatic carbocycles. The van der Waals surface area contributed by atoms with Gasteiger partial charge in [-0.15, -0.1) is 0 Å². The first-order valence-electron chi connectivity index (χ1n) is 4.88. The molecule has 2 N–H and O–H groups in total. The molecule has 0 aromatic carbocycles. The number of amides is 1. The molecule has 1 atom stereocenters. The number of halogens is 1. The number of pyridine rings is 1. The van der Waals surface area contributed by atoms with Crippen molar-refractivity contribution >= 4 is 21.8 Å². The van der Waals surface area contributed by atoms with Crippen LogP contribution in [0.1, 0.15) is 16.8 Å². The fourth-order valence-electron chi connectivity index (χ4n) is 1.58. The number of hydrogen-bond donors (Lipinski definition) is 2. The Bertz CT molecular complexity index is 363. The van der Waals surface area contributed by atoms with Crippen LogP contribution in [0.2, 0.25) is 0 Å². The van der Waals surface area contributed by atoms with E-state index in [0.717, 1.165) is 24.0 Å². The third-order valence-electron chi connectivity index (χ3n) is 2.36. The van der Waals surface area contributed by atoms with E-state index in [1.165, 1.54) is 0 Å². The number of aromatic nitrogens is 1. The van der Waals surface area contributed by atoms with Gasteiger partial charge in [-0.3, -0.25) is 9.78 Å². The van der Waals surface area contributed by atoms with Crippen LogP contribution in [0.15, 0.2) is 22.9 Å². The average Bonchev–Trinajstić information content (AvgIpc) is 2.70. The third-order valence-corrected chi connectivity index (χ3v) is 2.80. The van der Waals surface area contributed by atoms with Gasteiger partial charge in [0.1, 0.15) is 0 Å². The van der Waals surface area contributed by atoms with E-state index in [1.54, 1.807) is 18.5 Å². The zero-order valence-electron chi connectivity index (χ0n) is 8.16. The number of hydrogen-bond acceptors (Lipinski definition) is 3. The largest absolute Gasteiger partial charge is 0.348 e. The molecule has 5 heteroatoms. The molecular formula is C10H12BrN3O. The van der Waals surface area contributed by atoms with Crippen molar-refractivity contribution in [2.24, 2.45) is 0 Å². The number of carbonyl (C=O) groups is 1. The van der Waals surface area contributed by atoms with Gasteiger partial charge in [-0.05, 0) is 35.0 Å². The van der Waals surface area contributed by atoms with Crippen molar-refractivity contribution in [1.29, 1.82) is 0 Å². The van der Waals surface area contributed by atoms with Gasteiger partial charge in [0.25, 0.3) is 5.91 Å². The summed E-state index contributed by atoms with van der Waals surface area (Å²) in [5.41, 5.74) is 0.594. The fourth-order valence-corrected chi connectivity index (χ4v) is 1.95. The topological polar surface area (TPSA) is 54.0 Å². The van der Waals surface area contributed by atoms with Crippen molar-refractivity contribution in [1.82, 2.24) is 15.6 Å². The molecule has 1 amide bonds. The Labute approximate surface area is 96.6 Å². The molecule has 0 spiro atoms. The fraction of sp³-hybridized carbons (Fsp3) is 0.400. The van der Waals surface area contributed by atoms with Gasteiger partial charge in [-0.25, -0.2) is 0 Å². The molecular weight excluding hydrogens is 258 g/mol. The quantitative estimate of drug-likeness (QED) is 0.840. The van der Waals surface area contributed by atoms with Crippen molar-refractivity contribution in [2.75, 3.05) is 13.1 Å². The standard InChI is InChI=1S/C10H12BrN3O/c11-8-3-7(4-13-5-8)10(15)14-9-1-2-12-6-9/h3-5,9,12H,1-2,6H2,(H,14,15). The number of rotatable bonds is 2. The van der Waals surface area contributed by atoms with Crippen LogP contribution in [0, 0.1) is 0 Å². The van der Waals surface area contributed by atoms with Crippen LogP contribution in [0.3, 0.4) is 0 Å². The van der Waals surface area contributed by atoms with E-state index in [4.69, 9.17) is 0 Å². The number of nitrogens with one attached hydrogen (secondary N) is 2. The minimum atomic E-state index is -0.0579. The molecule has 15 heavy (non-hydrogen) atoms. The summed E-state index contributed by atoms with van der Waals surface area (Å²) in [6.07, 6.45) is 4.23. The van der Waals surface area contributed by atoms with E-state index >= 15 is 0 Å². The van der Waals surface area contributed by atoms with E-state index < -0.39 is 0 Å². The Hall–Kier alpha value is -0.940. The summed E-state index contributed by atoms with van der Waals surface area (Å²) in [4.78, 5) is 15.7. The summed E-state index contributed by atoms with van der Waals surface area (Å²) in [5.74, 6) is -0.0579. The second-order valence-electron chi connectivity index (χ2n) is 3.56. The van der Waals surface area contributed by atoms with Gasteiger partial charge in [0, 0.05) is 29.5 Å². The van der Waals surface area contributed by atoms with Gasteiger partial charge in [0.2, 0.25) is 0 Å². The lowest BCUT2D eigenvalue weighted by molar-refractivity contribution is 0.0939. The summed E-state index contributed by atoms with van der Waals surface area (Å²) in [7, 11) is 0. The average molecular weight is 270 g/mol. The van der Waals surface area contributed by atoms with Gasteiger partial charge >= 0.3 is 0 Å². The number of nitrogens with zero attached hydrogens (tertiary/aromatic N) is 1. The van der Waals surface area contributed by atoms with Crippen molar-refractivity contribution < 1.29 is 4.79 Å². The Balaban J connectivity index is 2.01. The molecule has 2 heterocycles. The van der Waals surface area contributed by atoms with Crippen LogP contribution < -0.4 is 10.6 Å². The smallest absolute Gasteiger partial charge is 0.253 e. The highest BCUT2D eigenvalue weighted by Gasteiger charge is 2.17. The highest BCUT2D eigenvalue weighted by molar-refractivity contribution is 9.10. The maximum atomic E-state index is 11.8. The van der Waals surface area contributed by atoms with Gasteiger partial charge in [0.15, 0.2) is 0 Å². The first-order chi connectivity index (χ1) is 7.25. The Kier molecular flexibility index (Phi) is 3.33. The highest BCUT2D eigenvalue weighted by atomic mass is 79.9. The predicted octanol–water partition coefficient (Wildman–Crippen LogP) is 0.936. The summed E-state index contributed by atoms with van der Waals surface area (Å²) < 4.78 is 0.819. The Morgan fingerprint density at radius 2 is 2.47 bits per heavy atom. The van der Waals surface area contributed by atoms with Crippen LogP contribution in [0.5, 0.6) is 0 Å². The Morgan fingerprint density at radius 3 is 3.13 bits per heavy atom. The predicted molar refractivity (Wildman–Crippen MR) is 60.7 cm³/mol. The number of carbonyl (C=O) groups excluding carboxylic acids is 1. The molecule has 1 saturated heterocycles. The third kappa shape index (κ3) is 2.76. The second kappa shape index (κ2) is 4.72. The van der Waals surface area contributed by atoms with E-state index in [2.05, 4.69) is 31.5 Å². The van der Waals surface area contributed by atoms with Crippen molar-refractivity contribution in [3.63, 3.8) is 0 Å². The van der Waals surface area contributed by atoms with Crippen LogP contribution in [0.25, 0.3) is 0 Å². The van der Waals surface area contributed by atoms with E-state index in [0.29, 0.717) is 5.56 Å². The van der Waals surface area contributed by atoms with Crippen LogP contribution in [-0.2, 0) is 0 Å². The van der Waals surface area contributed by atoms with Gasteiger partial charge < -0.3 is 10.6 Å². The van der Waals surface area contributed by atoms with Crippen molar-refractivity contribution in [3.05, 3.63) is 28.5 Å². The summed E-state index contributed by atoms with van der Waals surface area (Å²) in [6, 6.07) is 2.02. The van der Waals surface area contributed by atoms with E-state index in [1.807, 2.05) is 0 Å². The summed E-state index contributed by atoms with van der Waals surface area (Å²) in [6.45, 7) is 1.83. The van der Waals surface area contributed by atoms with Gasteiger partial charge in [0.05, 0.1) is 5.56 Å². The molecule has 0 bridgehead atoms. The van der Waals surface area contributed by atoms with Gasteiger partial charge in [-0.2, -0.15) is 0 Å². The van der Waals surface area contributed by atoms with Crippen LogP contribution in [0.4, 0.5) is 0 Å². The first-order valence-corrected chi connectivity index (χ1v) is 5.67. The Morgan fingerprint density at radius 1 is 1.60 bits per heavy atom. The monoisotopic (exact) mass is 269 g/mol. The molecule has 1 aliphatic heterocycles. The van der Waals surface area contributed by atoms with E-state index in [-0.39, 0.29) is 11.9 Å². The molecule has 1 fully saturated rings. The SMILES string of the molecule is O=C(NC1CCNC1)c1cncc(Br)c1. The molecule has 1 unspecified atom stereocenters. The zero-order chi connectivity index (χ0) is 10.7. The summed E-state index contributed by atoms with van der Waals surface area (Å²) >= 11 is 3.29. The lowest BCUT2D eigenvalue weighted by Crippen LogP contribution is -2.36. The molecule has 4 nitrogen and oxygen atoms in total. The van der Waals surface area contributed by atoms with Crippen LogP contribution in [-0.4, -0.2) is 30.0 Å². The lowest BCUT2D eigenvalue weighted by atomic mass is 10.2. The molecule has 1 aromatic heterocycles. The molecule has 80 valence electrons. The normalized spacial score (nSPS) is 20.2. The van der Waals surface area contributed by atoms with Crippen molar-refractivity contribution in [3.8, 4) is 0 Å². The summed E-state index contributed by atoms with van der Waals surface area (Å²) in [5, 5.41) is 6.16. The lowest BCUT2D eigenvalue weighted by Gasteiger charge is -2.10. The van der Waals surface area contributed by atoms with Gasteiger partial charge in [-0.1, -0.05) is 0 Å². The van der Waals surface area contributed by atoms with Crippen LogP contribution >= 0.6 is 15.9 Å². The minimum Gasteiger partial charge on any atom is -0.348 e. The molecule has 0 saturated carbocycles. The zero-order valence-corrected chi connectivity index (χ0v) is 9.75.